The fraction of sp³-hybridized carbons (Fsp3) is 0.471. The molecule has 0 spiro atoms. The molecule has 5 nitrogen and oxygen atoms in total. The van der Waals surface area contributed by atoms with Gasteiger partial charge in [0.2, 0.25) is 5.91 Å². The highest BCUT2D eigenvalue weighted by molar-refractivity contribution is 7.80. The maximum absolute atomic E-state index is 12.2. The molecule has 0 fully saturated rings. The fourth-order valence-corrected chi connectivity index (χ4v) is 2.31. The average molecular weight is 335 g/mol. The van der Waals surface area contributed by atoms with Crippen molar-refractivity contribution in [2.75, 3.05) is 18.4 Å². The lowest BCUT2D eigenvalue weighted by atomic mass is 10.2. The number of anilines is 1. The van der Waals surface area contributed by atoms with E-state index in [4.69, 9.17) is 12.2 Å². The molecule has 1 aromatic carbocycles. The summed E-state index contributed by atoms with van der Waals surface area (Å²) in [6.45, 7) is 7.31. The van der Waals surface area contributed by atoms with E-state index in [1.54, 1.807) is 29.2 Å². The topological polar surface area (TPSA) is 61.4 Å². The second-order valence-corrected chi connectivity index (χ2v) is 5.57. The number of hydrogen-bond acceptors (Lipinski definition) is 3. The SMILES string of the molecule is CCCCC(=O)NC(=S)Nc1ccc(C(=O)N(CC)CC)cc1. The molecule has 23 heavy (non-hydrogen) atoms. The van der Waals surface area contributed by atoms with Crippen LogP contribution in [-0.2, 0) is 4.79 Å². The molecule has 0 radical (unpaired) electrons. The first-order chi connectivity index (χ1) is 11.0. The van der Waals surface area contributed by atoms with Crippen molar-refractivity contribution in [3.05, 3.63) is 29.8 Å². The van der Waals surface area contributed by atoms with Crippen LogP contribution in [0.1, 0.15) is 50.4 Å². The number of carbonyl (C=O) groups excluding carboxylic acids is 2. The molecule has 6 heteroatoms. The lowest BCUT2D eigenvalue weighted by molar-refractivity contribution is -0.119. The molecular formula is C17H25N3O2S. The minimum Gasteiger partial charge on any atom is -0.339 e. The van der Waals surface area contributed by atoms with Crippen molar-refractivity contribution in [3.63, 3.8) is 0 Å². The summed E-state index contributed by atoms with van der Waals surface area (Å²) in [5.74, 6) is -0.0744. The first-order valence-electron chi connectivity index (χ1n) is 8.01. The van der Waals surface area contributed by atoms with E-state index in [2.05, 4.69) is 10.6 Å². The van der Waals surface area contributed by atoms with E-state index in [0.717, 1.165) is 18.5 Å². The zero-order valence-corrected chi connectivity index (χ0v) is 14.8. The van der Waals surface area contributed by atoms with Gasteiger partial charge in [0, 0.05) is 30.8 Å². The van der Waals surface area contributed by atoms with E-state index >= 15 is 0 Å². The summed E-state index contributed by atoms with van der Waals surface area (Å²) in [5, 5.41) is 5.86. The minimum atomic E-state index is -0.0855. The maximum atomic E-state index is 12.2. The molecule has 0 aliphatic heterocycles. The molecule has 1 aromatic rings. The van der Waals surface area contributed by atoms with E-state index in [9.17, 15) is 9.59 Å². The summed E-state index contributed by atoms with van der Waals surface area (Å²) in [6, 6.07) is 7.07. The lowest BCUT2D eigenvalue weighted by Gasteiger charge is -2.18. The van der Waals surface area contributed by atoms with E-state index < -0.39 is 0 Å². The van der Waals surface area contributed by atoms with Gasteiger partial charge in [0.15, 0.2) is 5.11 Å². The Hall–Kier alpha value is -1.95. The largest absolute Gasteiger partial charge is 0.339 e. The molecule has 0 atom stereocenters. The minimum absolute atomic E-state index is 0.0111. The maximum Gasteiger partial charge on any atom is 0.253 e. The Bertz CT molecular complexity index is 539. The number of nitrogens with zero attached hydrogens (tertiary/aromatic N) is 1. The van der Waals surface area contributed by atoms with Crippen molar-refractivity contribution in [2.45, 2.75) is 40.0 Å². The van der Waals surface area contributed by atoms with Gasteiger partial charge in [-0.3, -0.25) is 9.59 Å². The molecule has 0 saturated heterocycles. The molecule has 1 rings (SSSR count). The third kappa shape index (κ3) is 6.36. The van der Waals surface area contributed by atoms with Crippen molar-refractivity contribution in [3.8, 4) is 0 Å². The second kappa shape index (κ2) is 9.94. The molecule has 0 aliphatic carbocycles. The van der Waals surface area contributed by atoms with Crippen molar-refractivity contribution in [2.24, 2.45) is 0 Å². The highest BCUT2D eigenvalue weighted by atomic mass is 32.1. The first-order valence-corrected chi connectivity index (χ1v) is 8.42. The molecule has 0 aliphatic rings. The molecule has 0 bridgehead atoms. The van der Waals surface area contributed by atoms with Gasteiger partial charge in [-0.15, -0.1) is 0 Å². The summed E-state index contributed by atoms with van der Waals surface area (Å²) in [6.07, 6.45) is 2.28. The first kappa shape index (κ1) is 19.1. The van der Waals surface area contributed by atoms with Crippen LogP contribution in [0.15, 0.2) is 24.3 Å². The predicted molar refractivity (Wildman–Crippen MR) is 97.6 cm³/mol. The number of rotatable bonds is 7. The van der Waals surface area contributed by atoms with E-state index in [0.29, 0.717) is 25.1 Å². The van der Waals surface area contributed by atoms with Gasteiger partial charge >= 0.3 is 0 Å². The van der Waals surface area contributed by atoms with Crippen LogP contribution in [0.2, 0.25) is 0 Å². The Morgan fingerprint density at radius 3 is 2.22 bits per heavy atom. The van der Waals surface area contributed by atoms with Gasteiger partial charge in [-0.2, -0.15) is 0 Å². The number of nitrogens with one attached hydrogen (secondary N) is 2. The van der Waals surface area contributed by atoms with Crippen LogP contribution in [0.5, 0.6) is 0 Å². The summed E-state index contributed by atoms with van der Waals surface area (Å²) in [5.41, 5.74) is 1.37. The zero-order chi connectivity index (χ0) is 17.2. The van der Waals surface area contributed by atoms with Gasteiger partial charge in [-0.05, 0) is 56.8 Å². The van der Waals surface area contributed by atoms with E-state index in [1.165, 1.54) is 0 Å². The van der Waals surface area contributed by atoms with Crippen LogP contribution >= 0.6 is 12.2 Å². The number of carbonyl (C=O) groups is 2. The molecule has 0 unspecified atom stereocenters. The van der Waals surface area contributed by atoms with Crippen LogP contribution in [0, 0.1) is 0 Å². The van der Waals surface area contributed by atoms with Gasteiger partial charge < -0.3 is 15.5 Å². The Morgan fingerprint density at radius 1 is 1.09 bits per heavy atom. The van der Waals surface area contributed by atoms with Crippen LogP contribution in [-0.4, -0.2) is 34.9 Å². The fourth-order valence-electron chi connectivity index (χ4n) is 2.08. The van der Waals surface area contributed by atoms with Crippen LogP contribution < -0.4 is 10.6 Å². The molecule has 0 saturated carbocycles. The molecule has 2 amide bonds. The average Bonchev–Trinajstić information content (AvgIpc) is 2.54. The summed E-state index contributed by atoms with van der Waals surface area (Å²) >= 11 is 5.11. The van der Waals surface area contributed by atoms with Crippen molar-refractivity contribution in [1.29, 1.82) is 0 Å². The normalized spacial score (nSPS) is 10.0. The molecule has 2 N–H and O–H groups in total. The van der Waals surface area contributed by atoms with Gasteiger partial charge in [0.05, 0.1) is 0 Å². The third-order valence-electron chi connectivity index (χ3n) is 3.45. The highest BCUT2D eigenvalue weighted by Crippen LogP contribution is 2.11. The van der Waals surface area contributed by atoms with Crippen LogP contribution in [0.4, 0.5) is 5.69 Å². The summed E-state index contributed by atoms with van der Waals surface area (Å²) in [7, 11) is 0. The smallest absolute Gasteiger partial charge is 0.253 e. The zero-order valence-electron chi connectivity index (χ0n) is 14.0. The second-order valence-electron chi connectivity index (χ2n) is 5.16. The van der Waals surface area contributed by atoms with Crippen molar-refractivity contribution >= 4 is 34.8 Å². The van der Waals surface area contributed by atoms with Crippen molar-refractivity contribution in [1.82, 2.24) is 10.2 Å². The van der Waals surface area contributed by atoms with Gasteiger partial charge in [0.25, 0.3) is 5.91 Å². The Labute approximate surface area is 143 Å². The number of hydrogen-bond donors (Lipinski definition) is 2. The Balaban J connectivity index is 2.58. The van der Waals surface area contributed by atoms with Crippen LogP contribution in [0.25, 0.3) is 0 Å². The number of benzene rings is 1. The summed E-state index contributed by atoms with van der Waals surface area (Å²) < 4.78 is 0. The van der Waals surface area contributed by atoms with E-state index in [-0.39, 0.29) is 16.9 Å². The van der Waals surface area contributed by atoms with E-state index in [1.807, 2.05) is 20.8 Å². The monoisotopic (exact) mass is 335 g/mol. The molecular weight excluding hydrogens is 310 g/mol. The number of unbranched alkanes of at least 4 members (excludes halogenated alkanes) is 1. The molecule has 0 aromatic heterocycles. The predicted octanol–water partition coefficient (Wildman–Crippen LogP) is 3.17. The van der Waals surface area contributed by atoms with Gasteiger partial charge in [0.1, 0.15) is 0 Å². The number of amides is 2. The Kier molecular flexibility index (Phi) is 8.26. The van der Waals surface area contributed by atoms with Gasteiger partial charge in [-0.1, -0.05) is 13.3 Å². The van der Waals surface area contributed by atoms with Gasteiger partial charge in [-0.25, -0.2) is 0 Å². The third-order valence-corrected chi connectivity index (χ3v) is 3.65. The van der Waals surface area contributed by atoms with Crippen molar-refractivity contribution < 1.29 is 9.59 Å². The standard InChI is InChI=1S/C17H25N3O2S/c1-4-7-8-15(21)19-17(23)18-14-11-9-13(10-12-14)16(22)20(5-2)6-3/h9-12H,4-8H2,1-3H3,(H2,18,19,21,23). The summed E-state index contributed by atoms with van der Waals surface area (Å²) in [4.78, 5) is 25.6. The molecule has 126 valence electrons. The quantitative estimate of drug-likeness (QED) is 0.751. The lowest BCUT2D eigenvalue weighted by Crippen LogP contribution is -2.34. The number of thiocarbonyl (C=S) groups is 1. The highest BCUT2D eigenvalue weighted by Gasteiger charge is 2.12. The van der Waals surface area contributed by atoms with Crippen LogP contribution in [0.3, 0.4) is 0 Å². The molecule has 0 heterocycles. The Morgan fingerprint density at radius 2 is 1.70 bits per heavy atom.